The van der Waals surface area contributed by atoms with Gasteiger partial charge in [0.25, 0.3) is 0 Å². The number of benzene rings is 3. The highest BCUT2D eigenvalue weighted by molar-refractivity contribution is 7.07. The van der Waals surface area contributed by atoms with Crippen LogP contribution in [0.2, 0.25) is 0 Å². The Morgan fingerprint density at radius 2 is 1.75 bits per heavy atom. The molecule has 0 atom stereocenters. The summed E-state index contributed by atoms with van der Waals surface area (Å²) in [5.41, 5.74) is 4.27. The van der Waals surface area contributed by atoms with E-state index in [2.05, 4.69) is 81.3 Å². The summed E-state index contributed by atoms with van der Waals surface area (Å²) < 4.78 is 2.14. The fourth-order valence-corrected chi connectivity index (χ4v) is 4.01. The monoisotopic (exact) mass is 383 g/mol. The van der Waals surface area contributed by atoms with E-state index in [1.54, 1.807) is 11.3 Å². The molecule has 0 aliphatic heterocycles. The van der Waals surface area contributed by atoms with Gasteiger partial charge in [0.1, 0.15) is 0 Å². The lowest BCUT2D eigenvalue weighted by Crippen LogP contribution is -2.15. The number of thiazole rings is 1. The molecule has 0 unspecified atom stereocenters. The molecule has 0 fully saturated rings. The third-order valence-corrected chi connectivity index (χ3v) is 5.49. The fourth-order valence-electron chi connectivity index (χ4n) is 3.14. The van der Waals surface area contributed by atoms with Crippen LogP contribution < -0.4 is 4.80 Å². The third kappa shape index (κ3) is 3.73. The second-order valence-corrected chi connectivity index (χ2v) is 7.35. The molecule has 138 valence electrons. The number of hydrogen-bond acceptors (Lipinski definition) is 3. The van der Waals surface area contributed by atoms with Crippen molar-refractivity contribution < 1.29 is 0 Å². The Balaban J connectivity index is 1.73. The normalized spacial score (nSPS) is 12.5. The van der Waals surface area contributed by atoms with Crippen molar-refractivity contribution >= 4 is 27.8 Å². The minimum Gasteiger partial charge on any atom is -0.311 e. The van der Waals surface area contributed by atoms with Gasteiger partial charge in [0.2, 0.25) is 4.80 Å². The average molecular weight is 384 g/mol. The molecule has 0 amide bonds. The first-order chi connectivity index (χ1) is 13.8. The first kappa shape index (κ1) is 18.1. The van der Waals surface area contributed by atoms with Crippen LogP contribution in [0.25, 0.3) is 22.0 Å². The summed E-state index contributed by atoms with van der Waals surface area (Å²) in [4.78, 5) is 0.860. The lowest BCUT2D eigenvalue weighted by molar-refractivity contribution is 0.788. The van der Waals surface area contributed by atoms with Crippen molar-refractivity contribution in [1.82, 2.24) is 4.57 Å². The summed E-state index contributed by atoms with van der Waals surface area (Å²) in [6, 6.07) is 25.0. The zero-order valence-electron chi connectivity index (χ0n) is 15.7. The SMILES string of the molecule is C=CCn1c(-c2ccccc2)cs/c1=N\N=C(\C)c1ccc2ccccc2c1. The Morgan fingerprint density at radius 1 is 1.00 bits per heavy atom. The van der Waals surface area contributed by atoms with Crippen molar-refractivity contribution in [2.75, 3.05) is 0 Å². The quantitative estimate of drug-likeness (QED) is 0.234. The van der Waals surface area contributed by atoms with Crippen LogP contribution in [0.1, 0.15) is 12.5 Å². The minimum atomic E-state index is 0.692. The lowest BCUT2D eigenvalue weighted by atomic mass is 10.0. The van der Waals surface area contributed by atoms with Gasteiger partial charge in [-0.15, -0.1) is 23.0 Å². The molecular formula is C24H21N3S. The van der Waals surface area contributed by atoms with E-state index in [4.69, 9.17) is 0 Å². The molecule has 0 saturated carbocycles. The summed E-state index contributed by atoms with van der Waals surface area (Å²) in [5, 5.41) is 13.6. The molecule has 1 heterocycles. The molecule has 0 saturated heterocycles. The molecule has 28 heavy (non-hydrogen) atoms. The van der Waals surface area contributed by atoms with Crippen molar-refractivity contribution in [3.05, 3.63) is 101 Å². The number of hydrogen-bond donors (Lipinski definition) is 0. The Kier molecular flexibility index (Phi) is 5.31. The number of rotatable bonds is 5. The largest absolute Gasteiger partial charge is 0.311 e. The second kappa shape index (κ2) is 8.19. The number of aromatic nitrogens is 1. The molecule has 0 N–H and O–H groups in total. The van der Waals surface area contributed by atoms with E-state index < -0.39 is 0 Å². The van der Waals surface area contributed by atoms with Gasteiger partial charge >= 0.3 is 0 Å². The molecule has 3 aromatic carbocycles. The van der Waals surface area contributed by atoms with Crippen LogP contribution in [-0.2, 0) is 6.54 Å². The number of fused-ring (bicyclic) bond motifs is 1. The Bertz CT molecular complexity index is 1210. The van der Waals surface area contributed by atoms with Crippen LogP contribution in [0.4, 0.5) is 0 Å². The van der Waals surface area contributed by atoms with Crippen LogP contribution >= 0.6 is 11.3 Å². The maximum atomic E-state index is 4.55. The lowest BCUT2D eigenvalue weighted by Gasteiger charge is -2.06. The zero-order chi connectivity index (χ0) is 19.3. The zero-order valence-corrected chi connectivity index (χ0v) is 16.6. The molecule has 4 aromatic rings. The first-order valence-electron chi connectivity index (χ1n) is 9.18. The molecule has 1 aromatic heterocycles. The summed E-state index contributed by atoms with van der Waals surface area (Å²) >= 11 is 1.59. The summed E-state index contributed by atoms with van der Waals surface area (Å²) in [6.45, 7) is 6.58. The van der Waals surface area contributed by atoms with E-state index in [0.29, 0.717) is 6.54 Å². The van der Waals surface area contributed by atoms with E-state index in [9.17, 15) is 0 Å². The standard InChI is InChI=1S/C24H21N3S/c1-3-15-27-23(20-10-5-4-6-11-20)17-28-24(27)26-25-18(2)21-14-13-19-9-7-8-12-22(19)16-21/h3-14,16-17H,1,15H2,2H3/b25-18-,26-24-. The van der Waals surface area contributed by atoms with Gasteiger partial charge in [0.15, 0.2) is 0 Å². The Hall–Kier alpha value is -3.24. The van der Waals surface area contributed by atoms with Gasteiger partial charge in [-0.25, -0.2) is 0 Å². The number of nitrogens with zero attached hydrogens (tertiary/aromatic N) is 3. The van der Waals surface area contributed by atoms with Crippen molar-refractivity contribution in [1.29, 1.82) is 0 Å². The topological polar surface area (TPSA) is 29.6 Å². The van der Waals surface area contributed by atoms with Crippen molar-refractivity contribution in [3.63, 3.8) is 0 Å². The van der Waals surface area contributed by atoms with Crippen molar-refractivity contribution in [2.24, 2.45) is 10.2 Å². The third-order valence-electron chi connectivity index (χ3n) is 4.63. The summed E-state index contributed by atoms with van der Waals surface area (Å²) in [5.74, 6) is 0. The van der Waals surface area contributed by atoms with Crippen LogP contribution in [0, 0.1) is 0 Å². The minimum absolute atomic E-state index is 0.692. The van der Waals surface area contributed by atoms with Crippen LogP contribution in [0.5, 0.6) is 0 Å². The van der Waals surface area contributed by atoms with E-state index >= 15 is 0 Å². The maximum Gasteiger partial charge on any atom is 0.211 e. The molecule has 0 bridgehead atoms. The predicted molar refractivity (Wildman–Crippen MR) is 120 cm³/mol. The smallest absolute Gasteiger partial charge is 0.211 e. The van der Waals surface area contributed by atoms with Gasteiger partial charge in [-0.2, -0.15) is 5.10 Å². The fraction of sp³-hybridized carbons (Fsp3) is 0.0833. The van der Waals surface area contributed by atoms with E-state index in [1.807, 2.05) is 31.2 Å². The molecular weight excluding hydrogens is 362 g/mol. The highest BCUT2D eigenvalue weighted by Crippen LogP contribution is 2.20. The summed E-state index contributed by atoms with van der Waals surface area (Å²) in [7, 11) is 0. The van der Waals surface area contributed by atoms with Gasteiger partial charge in [-0.05, 0) is 34.9 Å². The molecule has 4 rings (SSSR count). The molecule has 3 nitrogen and oxygen atoms in total. The second-order valence-electron chi connectivity index (χ2n) is 6.52. The van der Waals surface area contributed by atoms with Crippen LogP contribution in [0.3, 0.4) is 0 Å². The van der Waals surface area contributed by atoms with E-state index in [1.165, 1.54) is 10.8 Å². The number of allylic oxidation sites excluding steroid dienone is 1. The highest BCUT2D eigenvalue weighted by Gasteiger charge is 2.06. The van der Waals surface area contributed by atoms with Gasteiger partial charge in [0.05, 0.1) is 11.4 Å². The first-order valence-corrected chi connectivity index (χ1v) is 10.1. The van der Waals surface area contributed by atoms with Crippen LogP contribution in [0.15, 0.2) is 101 Å². The van der Waals surface area contributed by atoms with Gasteiger partial charge < -0.3 is 4.57 Å². The van der Waals surface area contributed by atoms with Crippen molar-refractivity contribution in [3.8, 4) is 11.3 Å². The Labute approximate surface area is 168 Å². The van der Waals surface area contributed by atoms with Gasteiger partial charge in [0, 0.05) is 11.9 Å². The van der Waals surface area contributed by atoms with Crippen molar-refractivity contribution in [2.45, 2.75) is 13.5 Å². The van der Waals surface area contributed by atoms with Gasteiger partial charge in [-0.3, -0.25) is 0 Å². The maximum absolute atomic E-state index is 4.55. The molecule has 0 aliphatic carbocycles. The van der Waals surface area contributed by atoms with E-state index in [-0.39, 0.29) is 0 Å². The van der Waals surface area contributed by atoms with Gasteiger partial charge in [-0.1, -0.05) is 72.8 Å². The molecule has 0 aliphatic rings. The molecule has 0 radical (unpaired) electrons. The summed E-state index contributed by atoms with van der Waals surface area (Å²) in [6.07, 6.45) is 1.89. The molecule has 4 heteroatoms. The predicted octanol–water partition coefficient (Wildman–Crippen LogP) is 5.88. The molecule has 0 spiro atoms. The average Bonchev–Trinajstić information content (AvgIpc) is 3.15. The Morgan fingerprint density at radius 3 is 2.54 bits per heavy atom. The highest BCUT2D eigenvalue weighted by atomic mass is 32.1. The van der Waals surface area contributed by atoms with E-state index in [0.717, 1.165) is 27.3 Å². The van der Waals surface area contributed by atoms with Crippen LogP contribution in [-0.4, -0.2) is 10.3 Å².